The van der Waals surface area contributed by atoms with Crippen molar-refractivity contribution in [3.05, 3.63) is 108 Å². The summed E-state index contributed by atoms with van der Waals surface area (Å²) in [6.07, 6.45) is 0. The van der Waals surface area contributed by atoms with Gasteiger partial charge in [-0.25, -0.2) is 27.5 Å². The molecule has 0 amide bonds. The van der Waals surface area contributed by atoms with Crippen LogP contribution >= 0.6 is 68.0 Å². The molecule has 6 aromatic heterocycles. The van der Waals surface area contributed by atoms with Gasteiger partial charge in [-0.15, -0.1) is 45.3 Å². The summed E-state index contributed by atoms with van der Waals surface area (Å²) in [6, 6.07) is 23.0. The number of rotatable bonds is 6. The lowest BCUT2D eigenvalue weighted by atomic mass is 10.2. The van der Waals surface area contributed by atoms with E-state index in [9.17, 15) is 17.6 Å². The maximum atomic E-state index is 13.7. The van der Waals surface area contributed by atoms with Crippen LogP contribution in [0.4, 0.5) is 17.6 Å². The third-order valence-electron chi connectivity index (χ3n) is 6.60. The van der Waals surface area contributed by atoms with Crippen LogP contribution in [0.1, 0.15) is 0 Å². The minimum absolute atomic E-state index is 0.524. The number of thiazole rings is 2. The number of thiophene rings is 4. The summed E-state index contributed by atoms with van der Waals surface area (Å²) < 4.78 is 54.8. The van der Waals surface area contributed by atoms with E-state index in [1.807, 2.05) is 48.5 Å². The van der Waals surface area contributed by atoms with Crippen LogP contribution < -0.4 is 0 Å². The van der Waals surface area contributed by atoms with E-state index in [-0.39, 0.29) is 0 Å². The van der Waals surface area contributed by atoms with Gasteiger partial charge in [0.25, 0.3) is 0 Å². The van der Waals surface area contributed by atoms with E-state index in [0.29, 0.717) is 11.1 Å². The Hall–Kier alpha value is -3.52. The van der Waals surface area contributed by atoms with Gasteiger partial charge in [0.2, 0.25) is 0 Å². The molecule has 0 unspecified atom stereocenters. The molecule has 6 heterocycles. The van der Waals surface area contributed by atoms with Crippen LogP contribution in [0.15, 0.2) is 84.9 Å². The highest BCUT2D eigenvalue weighted by molar-refractivity contribution is 7.33. The lowest BCUT2D eigenvalue weighted by molar-refractivity contribution is 0.583. The van der Waals surface area contributed by atoms with E-state index in [1.54, 1.807) is 45.3 Å². The molecule has 0 radical (unpaired) electrons. The number of nitrogens with zero attached hydrogens (tertiary/aromatic N) is 2. The van der Waals surface area contributed by atoms with Crippen LogP contribution in [0, 0.1) is 23.3 Å². The zero-order chi connectivity index (χ0) is 29.9. The van der Waals surface area contributed by atoms with E-state index < -0.39 is 23.3 Å². The fourth-order valence-electron chi connectivity index (χ4n) is 4.67. The number of halogens is 4. The third-order valence-corrected chi connectivity index (χ3v) is 13.8. The van der Waals surface area contributed by atoms with Crippen molar-refractivity contribution in [2.24, 2.45) is 0 Å². The van der Waals surface area contributed by atoms with E-state index >= 15 is 0 Å². The number of hydrogen-bond acceptors (Lipinski definition) is 8. The first-order chi connectivity index (χ1) is 21.3. The molecule has 0 spiro atoms. The topological polar surface area (TPSA) is 25.8 Å². The van der Waals surface area contributed by atoms with Gasteiger partial charge < -0.3 is 0 Å². The largest absolute Gasteiger partial charge is 0.222 e. The summed E-state index contributed by atoms with van der Waals surface area (Å²) in [7, 11) is 0. The Morgan fingerprint density at radius 1 is 0.341 bits per heavy atom. The fourth-order valence-corrected chi connectivity index (χ4v) is 11.0. The van der Waals surface area contributed by atoms with Gasteiger partial charge >= 0.3 is 0 Å². The summed E-state index contributed by atoms with van der Waals surface area (Å²) in [6.45, 7) is 0. The van der Waals surface area contributed by atoms with Crippen molar-refractivity contribution in [3.8, 4) is 60.2 Å². The molecule has 2 nitrogen and oxygen atoms in total. The molecule has 0 saturated carbocycles. The van der Waals surface area contributed by atoms with Gasteiger partial charge in [-0.2, -0.15) is 0 Å². The second-order valence-electron chi connectivity index (χ2n) is 9.62. The fraction of sp³-hybridized carbons (Fsp3) is 0. The molecule has 0 aliphatic rings. The molecule has 2 aromatic carbocycles. The molecule has 8 aromatic rings. The molecule has 44 heavy (non-hydrogen) atoms. The quantitative estimate of drug-likeness (QED) is 0.162. The third kappa shape index (κ3) is 5.35. The molecule has 216 valence electrons. The molecule has 0 saturated heterocycles. The highest BCUT2D eigenvalue weighted by Gasteiger charge is 2.18. The van der Waals surface area contributed by atoms with Crippen molar-refractivity contribution in [3.63, 3.8) is 0 Å². The Balaban J connectivity index is 1.01. The monoisotopic (exact) mass is 694 g/mol. The summed E-state index contributed by atoms with van der Waals surface area (Å²) in [5, 5.41) is 1.80. The van der Waals surface area contributed by atoms with Crippen LogP contribution in [0.3, 0.4) is 0 Å². The Morgan fingerprint density at radius 2 is 0.636 bits per heavy atom. The van der Waals surface area contributed by atoms with Gasteiger partial charge in [0.1, 0.15) is 33.3 Å². The SMILES string of the molecule is Fc1cc(F)cc(-c2ccc(-c3ccc(-c4nc5sc(-c6ccc(-c7ccc(-c8cc(F)cc(F)c8)s7)s6)nc5s4)s3)s2)c1. The average Bonchev–Trinajstić information content (AvgIpc) is 3.81. The van der Waals surface area contributed by atoms with Crippen molar-refractivity contribution in [2.75, 3.05) is 0 Å². The standard InChI is InChI=1S/C32H14F4N2S6/c33-17-9-15(10-18(34)13-17)21-1-3-23(39-21)25-5-7-27(41-25)29-37-31-32(43-29)38-30(44-31)28-8-6-26(42-28)24-4-2-22(40-24)16-11-19(35)14-20(36)12-16/h1-14H. The minimum Gasteiger partial charge on any atom is -0.222 e. The van der Waals surface area contributed by atoms with Crippen molar-refractivity contribution >= 4 is 77.7 Å². The van der Waals surface area contributed by atoms with Crippen molar-refractivity contribution in [1.29, 1.82) is 0 Å². The highest BCUT2D eigenvalue weighted by atomic mass is 32.1. The van der Waals surface area contributed by atoms with Crippen LogP contribution in [0.25, 0.3) is 69.8 Å². The average molecular weight is 695 g/mol. The van der Waals surface area contributed by atoms with E-state index in [4.69, 9.17) is 9.97 Å². The Kier molecular flexibility index (Phi) is 7.08. The van der Waals surface area contributed by atoms with Crippen LogP contribution in [0.2, 0.25) is 0 Å². The van der Waals surface area contributed by atoms with Crippen LogP contribution in [0.5, 0.6) is 0 Å². The Morgan fingerprint density at radius 3 is 1.00 bits per heavy atom. The Bertz CT molecular complexity index is 2090. The summed E-state index contributed by atoms with van der Waals surface area (Å²) in [4.78, 5) is 19.4. The maximum Gasteiger partial charge on any atom is 0.155 e. The summed E-state index contributed by atoms with van der Waals surface area (Å²) >= 11 is 9.34. The lowest BCUT2D eigenvalue weighted by Crippen LogP contribution is -1.81. The van der Waals surface area contributed by atoms with Gasteiger partial charge in [-0.3, -0.25) is 0 Å². The molecule has 8 rings (SSSR count). The second-order valence-corrected chi connectivity index (χ2v) is 15.9. The summed E-state index contributed by atoms with van der Waals surface area (Å²) in [5.74, 6) is -2.37. The van der Waals surface area contributed by atoms with Gasteiger partial charge in [-0.05, 0) is 83.9 Å². The molecule has 0 aliphatic heterocycles. The van der Waals surface area contributed by atoms with Crippen molar-refractivity contribution in [2.45, 2.75) is 0 Å². The Labute approximate surface area is 271 Å². The number of fused-ring (bicyclic) bond motifs is 1. The zero-order valence-electron chi connectivity index (χ0n) is 21.9. The van der Waals surface area contributed by atoms with Gasteiger partial charge in [0.15, 0.2) is 9.66 Å². The minimum atomic E-state index is -0.592. The summed E-state index contributed by atoms with van der Waals surface area (Å²) in [5.41, 5.74) is 1.05. The van der Waals surface area contributed by atoms with E-state index in [0.717, 1.165) is 70.8 Å². The zero-order valence-corrected chi connectivity index (χ0v) is 26.8. The van der Waals surface area contributed by atoms with Gasteiger partial charge in [-0.1, -0.05) is 22.7 Å². The first kappa shape index (κ1) is 28.0. The van der Waals surface area contributed by atoms with Gasteiger partial charge in [0, 0.05) is 41.4 Å². The van der Waals surface area contributed by atoms with Crippen molar-refractivity contribution < 1.29 is 17.6 Å². The molecule has 0 N–H and O–H groups in total. The molecule has 0 atom stereocenters. The molecule has 12 heteroatoms. The maximum absolute atomic E-state index is 13.7. The first-order valence-corrected chi connectivity index (χ1v) is 17.9. The lowest BCUT2D eigenvalue weighted by Gasteiger charge is -1.98. The van der Waals surface area contributed by atoms with Crippen molar-refractivity contribution in [1.82, 2.24) is 9.97 Å². The highest BCUT2D eigenvalue weighted by Crippen LogP contribution is 2.45. The molecular formula is C32H14F4N2S6. The smallest absolute Gasteiger partial charge is 0.155 e. The second kappa shape index (κ2) is 11.1. The normalized spacial score (nSPS) is 11.6. The van der Waals surface area contributed by atoms with E-state index in [1.165, 1.54) is 46.9 Å². The molecular weight excluding hydrogens is 681 g/mol. The molecule has 0 bridgehead atoms. The predicted octanol–water partition coefficient (Wildman–Crippen LogP) is 12.6. The molecule has 0 fully saturated rings. The van der Waals surface area contributed by atoms with E-state index in [2.05, 4.69) is 0 Å². The first-order valence-electron chi connectivity index (χ1n) is 13.0. The molecule has 0 aliphatic carbocycles. The predicted molar refractivity (Wildman–Crippen MR) is 179 cm³/mol. The van der Waals surface area contributed by atoms with Gasteiger partial charge in [0.05, 0.1) is 9.75 Å². The number of hydrogen-bond donors (Lipinski definition) is 0. The number of aromatic nitrogens is 2. The van der Waals surface area contributed by atoms with Crippen LogP contribution in [-0.4, -0.2) is 9.97 Å². The number of benzene rings is 2. The van der Waals surface area contributed by atoms with Crippen LogP contribution in [-0.2, 0) is 0 Å².